The number of thioether (sulfide) groups is 2. The Labute approximate surface area is 274 Å². The number of hydrogen-bond donors (Lipinski definition) is 1. The molecule has 0 bridgehead atoms. The SMILES string of the molecule is CN(C)Cc1nnc(SC2=C(C(=O)OC(c3ccccc3)c3ccccc3)N3C(=O)[C@@H](NC(=O)Cc4ccccc4)[C@@H]3SC2)s1. The molecule has 1 N–H and O–H groups in total. The Hall–Kier alpha value is -3.97. The fourth-order valence-electron chi connectivity index (χ4n) is 5.13. The van der Waals surface area contributed by atoms with Crippen LogP contribution in [0.5, 0.6) is 0 Å². The molecular formula is C33H31N5O4S3. The van der Waals surface area contributed by atoms with Gasteiger partial charge in [-0.05, 0) is 30.8 Å². The van der Waals surface area contributed by atoms with E-state index in [1.165, 1.54) is 39.8 Å². The van der Waals surface area contributed by atoms with Gasteiger partial charge in [0.05, 0.1) is 13.0 Å². The predicted molar refractivity (Wildman–Crippen MR) is 176 cm³/mol. The molecule has 4 aromatic rings. The van der Waals surface area contributed by atoms with Gasteiger partial charge in [-0.15, -0.1) is 22.0 Å². The molecule has 0 saturated carbocycles. The molecule has 1 saturated heterocycles. The van der Waals surface area contributed by atoms with E-state index in [0.29, 0.717) is 21.5 Å². The first-order valence-electron chi connectivity index (χ1n) is 14.3. The third-order valence-electron chi connectivity index (χ3n) is 7.19. The average molecular weight is 658 g/mol. The zero-order valence-electron chi connectivity index (χ0n) is 24.7. The van der Waals surface area contributed by atoms with Crippen LogP contribution in [0.4, 0.5) is 0 Å². The van der Waals surface area contributed by atoms with E-state index in [4.69, 9.17) is 4.74 Å². The van der Waals surface area contributed by atoms with Crippen molar-refractivity contribution in [3.63, 3.8) is 0 Å². The fraction of sp³-hybridized carbons (Fsp3) is 0.242. The Morgan fingerprint density at radius 1 is 0.978 bits per heavy atom. The quantitative estimate of drug-likeness (QED) is 0.179. The first-order chi connectivity index (χ1) is 21.9. The van der Waals surface area contributed by atoms with Crippen molar-refractivity contribution in [1.82, 2.24) is 25.3 Å². The summed E-state index contributed by atoms with van der Waals surface area (Å²) in [6.45, 7) is 0.647. The molecule has 1 aromatic heterocycles. The van der Waals surface area contributed by atoms with Crippen molar-refractivity contribution in [1.29, 1.82) is 0 Å². The van der Waals surface area contributed by atoms with Crippen LogP contribution < -0.4 is 5.32 Å². The van der Waals surface area contributed by atoms with Crippen molar-refractivity contribution in [2.45, 2.75) is 34.8 Å². The standard InChI is InChI=1S/C33H31N5O4S3/c1-37(2)19-26-35-36-33(45-26)44-24-20-43-31-27(34-25(39)18-21-12-6-3-7-13-21)30(40)38(31)28(24)32(41)42-29(22-14-8-4-9-15-22)23-16-10-5-11-17-23/h3-17,27,29,31H,18-20H2,1-2H3,(H,34,39)/t27-,31+/m1/s1. The summed E-state index contributed by atoms with van der Waals surface area (Å²) in [4.78, 5) is 44.9. The summed E-state index contributed by atoms with van der Waals surface area (Å²) in [6.07, 6.45) is -0.520. The van der Waals surface area contributed by atoms with Gasteiger partial charge in [-0.1, -0.05) is 114 Å². The van der Waals surface area contributed by atoms with E-state index >= 15 is 0 Å². The highest BCUT2D eigenvalue weighted by Crippen LogP contribution is 2.46. The number of fused-ring (bicyclic) bond motifs is 1. The Balaban J connectivity index is 1.28. The van der Waals surface area contributed by atoms with Gasteiger partial charge in [0, 0.05) is 10.7 Å². The summed E-state index contributed by atoms with van der Waals surface area (Å²) in [7, 11) is 3.92. The van der Waals surface area contributed by atoms with Crippen LogP contribution in [0.25, 0.3) is 0 Å². The van der Waals surface area contributed by atoms with Gasteiger partial charge in [0.25, 0.3) is 5.91 Å². The van der Waals surface area contributed by atoms with Gasteiger partial charge in [0.15, 0.2) is 10.4 Å². The van der Waals surface area contributed by atoms with Crippen LogP contribution in [-0.2, 0) is 32.1 Å². The molecule has 2 amide bonds. The van der Waals surface area contributed by atoms with Gasteiger partial charge in [0.2, 0.25) is 5.91 Å². The minimum absolute atomic E-state index is 0.163. The van der Waals surface area contributed by atoms with Crippen molar-refractivity contribution in [3.05, 3.63) is 123 Å². The van der Waals surface area contributed by atoms with E-state index in [0.717, 1.165) is 21.7 Å². The molecule has 1 fully saturated rings. The lowest BCUT2D eigenvalue weighted by Gasteiger charge is -2.49. The molecule has 3 aromatic carbocycles. The molecule has 3 heterocycles. The molecule has 0 unspecified atom stereocenters. The average Bonchev–Trinajstić information content (AvgIpc) is 3.49. The van der Waals surface area contributed by atoms with E-state index < -0.39 is 23.5 Å². The minimum Gasteiger partial charge on any atom is -0.448 e. The van der Waals surface area contributed by atoms with Crippen molar-refractivity contribution >= 4 is 52.6 Å². The van der Waals surface area contributed by atoms with Gasteiger partial charge in [-0.2, -0.15) is 0 Å². The number of ether oxygens (including phenoxy) is 1. The number of carbonyl (C=O) groups excluding carboxylic acids is 3. The molecule has 9 nitrogen and oxygen atoms in total. The summed E-state index contributed by atoms with van der Waals surface area (Å²) in [5.74, 6) is -0.761. The van der Waals surface area contributed by atoms with Crippen LogP contribution in [0.1, 0.15) is 27.8 Å². The molecule has 0 spiro atoms. The van der Waals surface area contributed by atoms with Gasteiger partial charge in [0.1, 0.15) is 22.1 Å². The van der Waals surface area contributed by atoms with Crippen LogP contribution in [0.3, 0.4) is 0 Å². The van der Waals surface area contributed by atoms with Crippen molar-refractivity contribution in [3.8, 4) is 0 Å². The van der Waals surface area contributed by atoms with Crippen LogP contribution in [0.2, 0.25) is 0 Å². The van der Waals surface area contributed by atoms with Gasteiger partial charge in [-0.3, -0.25) is 14.5 Å². The largest absolute Gasteiger partial charge is 0.448 e. The van der Waals surface area contributed by atoms with Crippen LogP contribution >= 0.6 is 34.9 Å². The van der Waals surface area contributed by atoms with Gasteiger partial charge in [-0.25, -0.2) is 4.79 Å². The molecular weight excluding hydrogens is 627 g/mol. The van der Waals surface area contributed by atoms with Gasteiger partial charge >= 0.3 is 5.97 Å². The summed E-state index contributed by atoms with van der Waals surface area (Å²) < 4.78 is 6.92. The second kappa shape index (κ2) is 14.0. The van der Waals surface area contributed by atoms with E-state index in [2.05, 4.69) is 15.5 Å². The second-order valence-corrected chi connectivity index (χ2v) is 14.3. The summed E-state index contributed by atoms with van der Waals surface area (Å²) in [5, 5.41) is 11.9. The first kappa shape index (κ1) is 31.0. The van der Waals surface area contributed by atoms with Crippen molar-refractivity contribution in [2.75, 3.05) is 19.8 Å². The lowest BCUT2D eigenvalue weighted by atomic mass is 10.0. The molecule has 2 atom stereocenters. The van der Waals surface area contributed by atoms with Crippen LogP contribution in [-0.4, -0.2) is 69.0 Å². The van der Waals surface area contributed by atoms with E-state index in [1.54, 1.807) is 0 Å². The van der Waals surface area contributed by atoms with Crippen LogP contribution in [0.15, 0.2) is 106 Å². The second-order valence-electron chi connectivity index (χ2n) is 10.8. The normalized spacial score (nSPS) is 17.7. The number of amides is 2. The lowest BCUT2D eigenvalue weighted by molar-refractivity contribution is -0.154. The molecule has 230 valence electrons. The maximum Gasteiger partial charge on any atom is 0.356 e. The van der Waals surface area contributed by atoms with Gasteiger partial charge < -0.3 is 15.0 Å². The topological polar surface area (TPSA) is 105 Å². The molecule has 45 heavy (non-hydrogen) atoms. The number of rotatable bonds is 11. The highest BCUT2D eigenvalue weighted by molar-refractivity contribution is 8.07. The molecule has 6 rings (SSSR count). The number of nitrogens with one attached hydrogen (secondary N) is 1. The lowest BCUT2D eigenvalue weighted by Crippen LogP contribution is -2.70. The number of benzene rings is 3. The molecule has 0 aliphatic carbocycles. The van der Waals surface area contributed by atoms with E-state index in [-0.39, 0.29) is 23.9 Å². The Morgan fingerprint density at radius 3 is 2.22 bits per heavy atom. The Kier molecular flexibility index (Phi) is 9.64. The number of carbonyl (C=O) groups is 3. The number of hydrogen-bond acceptors (Lipinski definition) is 10. The highest BCUT2D eigenvalue weighted by Gasteiger charge is 2.55. The summed E-state index contributed by atoms with van der Waals surface area (Å²) >= 11 is 4.28. The number of β-lactam (4-membered cyclic amide) rings is 1. The maximum atomic E-state index is 14.2. The summed E-state index contributed by atoms with van der Waals surface area (Å²) in [5.41, 5.74) is 2.67. The molecule has 2 aliphatic heterocycles. The molecule has 2 aliphatic rings. The first-order valence-corrected chi connectivity index (χ1v) is 17.0. The number of esters is 1. The molecule has 12 heteroatoms. The predicted octanol–water partition coefficient (Wildman–Crippen LogP) is 4.88. The third-order valence-corrected chi connectivity index (χ3v) is 10.7. The minimum atomic E-state index is -0.743. The van der Waals surface area contributed by atoms with E-state index in [1.807, 2.05) is 110 Å². The Bertz CT molecular complexity index is 1660. The number of aromatic nitrogens is 2. The molecule has 0 radical (unpaired) electrons. The van der Waals surface area contributed by atoms with Crippen LogP contribution in [0, 0.1) is 0 Å². The maximum absolute atomic E-state index is 14.2. The Morgan fingerprint density at radius 2 is 1.60 bits per heavy atom. The zero-order valence-corrected chi connectivity index (χ0v) is 27.1. The number of nitrogens with zero attached hydrogens (tertiary/aromatic N) is 4. The fourth-order valence-corrected chi connectivity index (χ4v) is 8.78. The van der Waals surface area contributed by atoms with Crippen molar-refractivity contribution < 1.29 is 19.1 Å². The smallest absolute Gasteiger partial charge is 0.356 e. The highest BCUT2D eigenvalue weighted by atomic mass is 32.2. The third kappa shape index (κ3) is 7.14. The summed E-state index contributed by atoms with van der Waals surface area (Å²) in [6, 6.07) is 27.7. The van der Waals surface area contributed by atoms with E-state index in [9.17, 15) is 14.4 Å². The monoisotopic (exact) mass is 657 g/mol. The van der Waals surface area contributed by atoms with Crippen molar-refractivity contribution in [2.24, 2.45) is 0 Å². The zero-order chi connectivity index (χ0) is 31.3.